The molecule has 3 nitrogen and oxygen atoms in total. The number of methoxy groups -OCH3 is 1. The van der Waals surface area contributed by atoms with E-state index in [2.05, 4.69) is 0 Å². The van der Waals surface area contributed by atoms with Crippen molar-refractivity contribution in [2.45, 2.75) is 18.3 Å². The van der Waals surface area contributed by atoms with Gasteiger partial charge in [-0.25, -0.2) is 4.79 Å². The highest BCUT2D eigenvalue weighted by Crippen LogP contribution is 2.48. The molecule has 1 aromatic carbocycles. The highest BCUT2D eigenvalue weighted by atomic mass is 16.5. The Balaban J connectivity index is 2.20. The van der Waals surface area contributed by atoms with Gasteiger partial charge in [-0.2, -0.15) is 0 Å². The Morgan fingerprint density at radius 1 is 1.40 bits per heavy atom. The van der Waals surface area contributed by atoms with Crippen molar-refractivity contribution in [2.24, 2.45) is 0 Å². The van der Waals surface area contributed by atoms with Gasteiger partial charge in [0.2, 0.25) is 0 Å². The molecule has 1 fully saturated rings. The predicted molar refractivity (Wildman–Crippen MR) is 56.2 cm³/mol. The third-order valence-corrected chi connectivity index (χ3v) is 3.02. The van der Waals surface area contributed by atoms with Crippen LogP contribution in [-0.4, -0.2) is 24.8 Å². The number of aromatic carboxylic acids is 1. The lowest BCUT2D eigenvalue weighted by molar-refractivity contribution is 0.0697. The van der Waals surface area contributed by atoms with E-state index >= 15 is 0 Å². The van der Waals surface area contributed by atoms with Crippen LogP contribution in [-0.2, 0) is 10.2 Å². The van der Waals surface area contributed by atoms with Crippen molar-refractivity contribution in [3.8, 4) is 0 Å². The molecule has 80 valence electrons. The summed E-state index contributed by atoms with van der Waals surface area (Å²) in [7, 11) is 1.70. The van der Waals surface area contributed by atoms with Crippen LogP contribution in [0.25, 0.3) is 0 Å². The van der Waals surface area contributed by atoms with Crippen LogP contribution < -0.4 is 0 Å². The van der Waals surface area contributed by atoms with Gasteiger partial charge in [0.25, 0.3) is 0 Å². The Kier molecular flexibility index (Phi) is 2.49. The Morgan fingerprint density at radius 3 is 2.40 bits per heavy atom. The third kappa shape index (κ3) is 1.88. The number of benzene rings is 1. The number of carboxylic acid groups (broad SMARTS) is 1. The van der Waals surface area contributed by atoms with E-state index in [1.54, 1.807) is 19.2 Å². The molecule has 3 heteroatoms. The van der Waals surface area contributed by atoms with Gasteiger partial charge in [-0.1, -0.05) is 12.1 Å². The molecule has 0 bridgehead atoms. The predicted octanol–water partition coefficient (Wildman–Crippen LogP) is 2.06. The number of rotatable bonds is 4. The summed E-state index contributed by atoms with van der Waals surface area (Å²) in [6.45, 7) is 0.722. The molecule has 1 N–H and O–H groups in total. The maximum Gasteiger partial charge on any atom is 0.335 e. The molecule has 0 aliphatic heterocycles. The molecule has 0 amide bonds. The molecule has 1 aliphatic carbocycles. The van der Waals surface area contributed by atoms with Gasteiger partial charge in [-0.3, -0.25) is 0 Å². The van der Waals surface area contributed by atoms with E-state index in [0.29, 0.717) is 5.56 Å². The first kappa shape index (κ1) is 10.2. The van der Waals surface area contributed by atoms with E-state index in [0.717, 1.165) is 19.4 Å². The first-order valence-corrected chi connectivity index (χ1v) is 5.01. The summed E-state index contributed by atoms with van der Waals surface area (Å²) in [6.07, 6.45) is 2.26. The van der Waals surface area contributed by atoms with Crippen molar-refractivity contribution in [3.05, 3.63) is 35.4 Å². The van der Waals surface area contributed by atoms with Crippen LogP contribution >= 0.6 is 0 Å². The number of hydrogen-bond donors (Lipinski definition) is 1. The van der Waals surface area contributed by atoms with E-state index in [1.807, 2.05) is 12.1 Å². The van der Waals surface area contributed by atoms with Gasteiger partial charge < -0.3 is 9.84 Å². The first-order chi connectivity index (χ1) is 7.18. The quantitative estimate of drug-likeness (QED) is 0.820. The molecule has 0 unspecified atom stereocenters. The number of ether oxygens (including phenoxy) is 1. The largest absolute Gasteiger partial charge is 0.478 e. The molecular formula is C12H14O3. The zero-order valence-electron chi connectivity index (χ0n) is 8.69. The standard InChI is InChI=1S/C12H14O3/c1-15-8-12(6-7-12)10-4-2-9(3-5-10)11(13)14/h2-5H,6-8H2,1H3,(H,13,14). The minimum absolute atomic E-state index is 0.159. The maximum absolute atomic E-state index is 10.7. The van der Waals surface area contributed by atoms with Crippen molar-refractivity contribution in [1.82, 2.24) is 0 Å². The van der Waals surface area contributed by atoms with Crippen LogP contribution in [0, 0.1) is 0 Å². The molecule has 2 rings (SSSR count). The second kappa shape index (κ2) is 3.66. The first-order valence-electron chi connectivity index (χ1n) is 5.01. The second-order valence-electron chi connectivity index (χ2n) is 4.10. The van der Waals surface area contributed by atoms with E-state index in [4.69, 9.17) is 9.84 Å². The number of carboxylic acids is 1. The molecule has 1 aliphatic rings. The highest BCUT2D eigenvalue weighted by molar-refractivity contribution is 5.87. The fourth-order valence-corrected chi connectivity index (χ4v) is 1.91. The summed E-state index contributed by atoms with van der Waals surface area (Å²) in [5.74, 6) is -0.877. The molecule has 0 radical (unpaired) electrons. The lowest BCUT2D eigenvalue weighted by Crippen LogP contribution is -2.14. The van der Waals surface area contributed by atoms with Crippen LogP contribution in [0.2, 0.25) is 0 Å². The third-order valence-electron chi connectivity index (χ3n) is 3.02. The Bertz CT molecular complexity index is 363. The van der Waals surface area contributed by atoms with E-state index in [-0.39, 0.29) is 5.41 Å². The minimum Gasteiger partial charge on any atom is -0.478 e. The minimum atomic E-state index is -0.877. The molecular weight excluding hydrogens is 192 g/mol. The van der Waals surface area contributed by atoms with Crippen LogP contribution in [0.5, 0.6) is 0 Å². The summed E-state index contributed by atoms with van der Waals surface area (Å²) < 4.78 is 5.18. The zero-order chi connectivity index (χ0) is 10.9. The maximum atomic E-state index is 10.7. The number of carbonyl (C=O) groups is 1. The van der Waals surface area contributed by atoms with Gasteiger partial charge in [0.15, 0.2) is 0 Å². The van der Waals surface area contributed by atoms with Crippen molar-refractivity contribution >= 4 is 5.97 Å². The second-order valence-corrected chi connectivity index (χ2v) is 4.10. The summed E-state index contributed by atoms with van der Waals surface area (Å²) >= 11 is 0. The summed E-state index contributed by atoms with van der Waals surface area (Å²) in [5.41, 5.74) is 1.69. The summed E-state index contributed by atoms with van der Waals surface area (Å²) in [6, 6.07) is 7.12. The highest BCUT2D eigenvalue weighted by Gasteiger charge is 2.44. The van der Waals surface area contributed by atoms with Crippen LogP contribution in [0.4, 0.5) is 0 Å². The SMILES string of the molecule is COCC1(c2ccc(C(=O)O)cc2)CC1. The molecule has 1 aromatic rings. The fourth-order valence-electron chi connectivity index (χ4n) is 1.91. The lowest BCUT2D eigenvalue weighted by Gasteiger charge is -2.14. The average Bonchev–Trinajstić information content (AvgIpc) is 3.00. The van der Waals surface area contributed by atoms with E-state index < -0.39 is 5.97 Å². The molecule has 0 saturated heterocycles. The number of hydrogen-bond acceptors (Lipinski definition) is 2. The molecule has 0 spiro atoms. The van der Waals surface area contributed by atoms with Crippen LogP contribution in [0.15, 0.2) is 24.3 Å². The molecule has 1 saturated carbocycles. The topological polar surface area (TPSA) is 46.5 Å². The molecule has 15 heavy (non-hydrogen) atoms. The molecule has 0 aromatic heterocycles. The monoisotopic (exact) mass is 206 g/mol. The Hall–Kier alpha value is -1.35. The summed E-state index contributed by atoms with van der Waals surface area (Å²) in [4.78, 5) is 10.7. The van der Waals surface area contributed by atoms with Gasteiger partial charge in [0.1, 0.15) is 0 Å². The van der Waals surface area contributed by atoms with Crippen molar-refractivity contribution in [3.63, 3.8) is 0 Å². The van der Waals surface area contributed by atoms with Crippen molar-refractivity contribution in [2.75, 3.05) is 13.7 Å². The Labute approximate surface area is 88.7 Å². The van der Waals surface area contributed by atoms with Gasteiger partial charge >= 0.3 is 5.97 Å². The smallest absolute Gasteiger partial charge is 0.335 e. The normalized spacial score (nSPS) is 17.4. The fraction of sp³-hybridized carbons (Fsp3) is 0.417. The van der Waals surface area contributed by atoms with E-state index in [1.165, 1.54) is 5.56 Å². The van der Waals surface area contributed by atoms with Crippen molar-refractivity contribution < 1.29 is 14.6 Å². The van der Waals surface area contributed by atoms with Crippen LogP contribution in [0.1, 0.15) is 28.8 Å². The van der Waals surface area contributed by atoms with Gasteiger partial charge in [-0.15, -0.1) is 0 Å². The average molecular weight is 206 g/mol. The summed E-state index contributed by atoms with van der Waals surface area (Å²) in [5, 5.41) is 8.77. The lowest BCUT2D eigenvalue weighted by atomic mass is 9.96. The van der Waals surface area contributed by atoms with Crippen LogP contribution in [0.3, 0.4) is 0 Å². The van der Waals surface area contributed by atoms with Crippen molar-refractivity contribution in [1.29, 1.82) is 0 Å². The molecule has 0 heterocycles. The van der Waals surface area contributed by atoms with E-state index in [9.17, 15) is 4.79 Å². The van der Waals surface area contributed by atoms with Gasteiger partial charge in [0, 0.05) is 12.5 Å². The molecule has 0 atom stereocenters. The zero-order valence-corrected chi connectivity index (χ0v) is 8.69. The van der Waals surface area contributed by atoms with Gasteiger partial charge in [-0.05, 0) is 30.5 Å². The Morgan fingerprint density at radius 2 is 2.00 bits per heavy atom. The van der Waals surface area contributed by atoms with Gasteiger partial charge in [0.05, 0.1) is 12.2 Å².